The number of nitrogens with zero attached hydrogens (tertiary/aromatic N) is 2. The number of esters is 1. The van der Waals surface area contributed by atoms with E-state index in [1.165, 1.54) is 7.11 Å². The number of fused-ring (bicyclic) bond motifs is 1. The Morgan fingerprint density at radius 1 is 1.07 bits per heavy atom. The lowest BCUT2D eigenvalue weighted by molar-refractivity contribution is 0.0600. The van der Waals surface area contributed by atoms with Crippen LogP contribution in [-0.2, 0) is 11.3 Å². The minimum atomic E-state index is -0.365. The molecule has 4 aromatic rings. The number of para-hydroxylation sites is 3. The van der Waals surface area contributed by atoms with Crippen molar-refractivity contribution in [3.8, 4) is 5.75 Å². The molecule has 0 aliphatic carbocycles. The summed E-state index contributed by atoms with van der Waals surface area (Å²) in [6.07, 6.45) is 1.64. The molecule has 0 aliphatic rings. The molecule has 0 atom stereocenters. The third-order valence-electron chi connectivity index (χ3n) is 4.35. The van der Waals surface area contributed by atoms with E-state index in [2.05, 4.69) is 15.5 Å². The fourth-order valence-corrected chi connectivity index (χ4v) is 2.81. The molecule has 0 saturated carbocycles. The van der Waals surface area contributed by atoms with Gasteiger partial charge in [0.25, 0.3) is 0 Å². The van der Waals surface area contributed by atoms with Crippen molar-refractivity contribution in [3.05, 3.63) is 89.5 Å². The van der Waals surface area contributed by atoms with Crippen LogP contribution in [0, 0.1) is 0 Å². The second-order valence-electron chi connectivity index (χ2n) is 6.37. The van der Waals surface area contributed by atoms with Gasteiger partial charge in [-0.25, -0.2) is 10.2 Å². The Balaban J connectivity index is 1.40. The molecule has 0 spiro atoms. The first-order valence-corrected chi connectivity index (χ1v) is 9.26. The topological polar surface area (TPSA) is 86.0 Å². The Bertz CT molecular complexity index is 1150. The quantitative estimate of drug-likeness (QED) is 0.276. The van der Waals surface area contributed by atoms with E-state index in [0.717, 1.165) is 16.6 Å². The molecule has 1 heterocycles. The molecule has 3 aromatic carbocycles. The molecule has 0 amide bonds. The number of anilines is 1. The molecule has 0 aliphatic heterocycles. The predicted molar refractivity (Wildman–Crippen MR) is 114 cm³/mol. The van der Waals surface area contributed by atoms with Crippen molar-refractivity contribution >= 4 is 29.3 Å². The number of hydrogen-bond acceptors (Lipinski definition) is 7. The van der Waals surface area contributed by atoms with Crippen LogP contribution >= 0.6 is 0 Å². The maximum atomic E-state index is 11.5. The number of ether oxygens (including phenoxy) is 2. The van der Waals surface area contributed by atoms with Crippen LogP contribution in [0.3, 0.4) is 0 Å². The molecule has 150 valence electrons. The second-order valence-corrected chi connectivity index (χ2v) is 6.37. The van der Waals surface area contributed by atoms with Gasteiger partial charge in [-0.1, -0.05) is 36.4 Å². The Morgan fingerprint density at radius 3 is 2.63 bits per heavy atom. The van der Waals surface area contributed by atoms with Crippen LogP contribution in [-0.4, -0.2) is 24.3 Å². The van der Waals surface area contributed by atoms with Crippen LogP contribution in [0.25, 0.3) is 11.1 Å². The Labute approximate surface area is 173 Å². The summed E-state index contributed by atoms with van der Waals surface area (Å²) >= 11 is 0. The summed E-state index contributed by atoms with van der Waals surface area (Å²) in [5, 5.41) is 4.20. The van der Waals surface area contributed by atoms with Gasteiger partial charge in [-0.2, -0.15) is 10.1 Å². The van der Waals surface area contributed by atoms with Gasteiger partial charge in [0.1, 0.15) is 17.9 Å². The number of carbonyl (C=O) groups is 1. The van der Waals surface area contributed by atoms with Gasteiger partial charge in [0.15, 0.2) is 5.58 Å². The minimum absolute atomic E-state index is 0.316. The number of hydrazone groups is 1. The largest absolute Gasteiger partial charge is 0.488 e. The summed E-state index contributed by atoms with van der Waals surface area (Å²) in [5.74, 6) is 0.313. The van der Waals surface area contributed by atoms with E-state index in [4.69, 9.17) is 13.9 Å². The number of carbonyl (C=O) groups excluding carboxylic acids is 1. The highest BCUT2D eigenvalue weighted by Crippen LogP contribution is 2.20. The first-order chi connectivity index (χ1) is 14.7. The van der Waals surface area contributed by atoms with Gasteiger partial charge in [-0.05, 0) is 42.0 Å². The van der Waals surface area contributed by atoms with E-state index >= 15 is 0 Å². The molecule has 1 aromatic heterocycles. The van der Waals surface area contributed by atoms with Gasteiger partial charge in [0.05, 0.1) is 18.9 Å². The Hall–Kier alpha value is -4.13. The number of nitrogens with one attached hydrogen (secondary N) is 1. The first kappa shape index (κ1) is 19.2. The normalized spacial score (nSPS) is 11.0. The molecule has 7 heteroatoms. The molecule has 0 saturated heterocycles. The second kappa shape index (κ2) is 8.91. The third kappa shape index (κ3) is 4.47. The molecular formula is C23H19N3O4. The number of rotatable bonds is 7. The highest BCUT2D eigenvalue weighted by atomic mass is 16.5. The zero-order chi connectivity index (χ0) is 20.8. The van der Waals surface area contributed by atoms with E-state index in [9.17, 15) is 4.79 Å². The van der Waals surface area contributed by atoms with Crippen molar-refractivity contribution in [2.75, 3.05) is 12.5 Å². The van der Waals surface area contributed by atoms with E-state index in [1.54, 1.807) is 18.3 Å². The molecule has 1 N–H and O–H groups in total. The van der Waals surface area contributed by atoms with Crippen molar-refractivity contribution in [2.24, 2.45) is 5.10 Å². The van der Waals surface area contributed by atoms with Crippen LogP contribution < -0.4 is 10.2 Å². The SMILES string of the molecule is COC(=O)c1ccc(COc2ccccc2/C=N\Nc2nc3ccccc3o2)cc1. The predicted octanol–water partition coefficient (Wildman–Crippen LogP) is 4.64. The van der Waals surface area contributed by atoms with E-state index in [-0.39, 0.29) is 5.97 Å². The van der Waals surface area contributed by atoms with Gasteiger partial charge in [0, 0.05) is 5.56 Å². The first-order valence-electron chi connectivity index (χ1n) is 9.26. The van der Waals surface area contributed by atoms with Gasteiger partial charge in [-0.3, -0.25) is 0 Å². The lowest BCUT2D eigenvalue weighted by Crippen LogP contribution is -2.02. The molecule has 30 heavy (non-hydrogen) atoms. The minimum Gasteiger partial charge on any atom is -0.488 e. The number of benzene rings is 3. The Morgan fingerprint density at radius 2 is 1.83 bits per heavy atom. The summed E-state index contributed by atoms with van der Waals surface area (Å²) < 4.78 is 16.2. The van der Waals surface area contributed by atoms with Crippen LogP contribution in [0.1, 0.15) is 21.5 Å². The smallest absolute Gasteiger partial charge is 0.337 e. The summed E-state index contributed by atoms with van der Waals surface area (Å²) in [4.78, 5) is 15.8. The monoisotopic (exact) mass is 401 g/mol. The maximum Gasteiger partial charge on any atom is 0.337 e. The summed E-state index contributed by atoms with van der Waals surface area (Å²) in [6, 6.07) is 22.4. The molecule has 4 rings (SSSR count). The van der Waals surface area contributed by atoms with Crippen LogP contribution in [0.5, 0.6) is 5.75 Å². The summed E-state index contributed by atoms with van der Waals surface area (Å²) in [5.41, 5.74) is 6.48. The number of methoxy groups -OCH3 is 1. The van der Waals surface area contributed by atoms with Crippen molar-refractivity contribution in [1.29, 1.82) is 0 Å². The average molecular weight is 401 g/mol. The van der Waals surface area contributed by atoms with Crippen LogP contribution in [0.2, 0.25) is 0 Å². The van der Waals surface area contributed by atoms with Crippen molar-refractivity contribution < 1.29 is 18.7 Å². The highest BCUT2D eigenvalue weighted by Gasteiger charge is 2.06. The van der Waals surface area contributed by atoms with Gasteiger partial charge in [0.2, 0.25) is 0 Å². The van der Waals surface area contributed by atoms with Gasteiger partial charge >= 0.3 is 12.0 Å². The van der Waals surface area contributed by atoms with E-state index in [0.29, 0.717) is 29.5 Å². The molecule has 0 fully saturated rings. The molecule has 0 radical (unpaired) electrons. The number of oxazole rings is 1. The molecule has 7 nitrogen and oxygen atoms in total. The fourth-order valence-electron chi connectivity index (χ4n) is 2.81. The third-order valence-corrected chi connectivity index (χ3v) is 4.35. The van der Waals surface area contributed by atoms with Crippen molar-refractivity contribution in [2.45, 2.75) is 6.61 Å². The van der Waals surface area contributed by atoms with Crippen molar-refractivity contribution in [3.63, 3.8) is 0 Å². The number of aromatic nitrogens is 1. The Kier molecular flexibility index (Phi) is 5.70. The standard InChI is InChI=1S/C23H19N3O4/c1-28-22(27)17-12-10-16(11-13-17)15-29-20-8-4-2-6-18(20)14-24-26-23-25-19-7-3-5-9-21(19)30-23/h2-14H,15H2,1H3,(H,25,26)/b24-14-. The summed E-state index contributed by atoms with van der Waals surface area (Å²) in [7, 11) is 1.36. The van der Waals surface area contributed by atoms with Gasteiger partial charge < -0.3 is 13.9 Å². The molecule has 0 bridgehead atoms. The molecular weight excluding hydrogens is 382 g/mol. The van der Waals surface area contributed by atoms with Gasteiger partial charge in [-0.15, -0.1) is 0 Å². The number of hydrogen-bond donors (Lipinski definition) is 1. The zero-order valence-electron chi connectivity index (χ0n) is 16.2. The van der Waals surface area contributed by atoms with E-state index in [1.807, 2.05) is 60.7 Å². The van der Waals surface area contributed by atoms with Crippen LogP contribution in [0.15, 0.2) is 82.3 Å². The van der Waals surface area contributed by atoms with E-state index < -0.39 is 0 Å². The summed E-state index contributed by atoms with van der Waals surface area (Å²) in [6.45, 7) is 0.352. The lowest BCUT2D eigenvalue weighted by Gasteiger charge is -2.09. The fraction of sp³-hybridized carbons (Fsp3) is 0.0870. The maximum absolute atomic E-state index is 11.5. The lowest BCUT2D eigenvalue weighted by atomic mass is 10.1. The average Bonchev–Trinajstić information content (AvgIpc) is 3.21. The highest BCUT2D eigenvalue weighted by molar-refractivity contribution is 5.89. The van der Waals surface area contributed by atoms with Crippen LogP contribution in [0.4, 0.5) is 6.01 Å². The molecule has 0 unspecified atom stereocenters. The van der Waals surface area contributed by atoms with Crippen molar-refractivity contribution in [1.82, 2.24) is 4.98 Å². The zero-order valence-corrected chi connectivity index (χ0v) is 16.2.